The van der Waals surface area contributed by atoms with E-state index in [1.54, 1.807) is 23.5 Å². The third-order valence-electron chi connectivity index (χ3n) is 2.81. The molecule has 0 atom stereocenters. The molecule has 0 saturated carbocycles. The van der Waals surface area contributed by atoms with E-state index in [9.17, 15) is 10.1 Å². The summed E-state index contributed by atoms with van der Waals surface area (Å²) in [5.74, 6) is 0. The van der Waals surface area contributed by atoms with Gasteiger partial charge in [0.1, 0.15) is 5.69 Å². The molecule has 0 aliphatic heterocycles. The SMILES string of the molecule is O=[N+]([O-])c1ccc(-c2ccc(-c3cccs3)nn2)cc1. The molecule has 1 aromatic carbocycles. The molecule has 2 heterocycles. The van der Waals surface area contributed by atoms with Gasteiger partial charge in [-0.3, -0.25) is 10.1 Å². The Morgan fingerprint density at radius 3 is 2.20 bits per heavy atom. The highest BCUT2D eigenvalue weighted by molar-refractivity contribution is 7.13. The molecule has 0 aliphatic carbocycles. The van der Waals surface area contributed by atoms with Crippen molar-refractivity contribution in [2.75, 3.05) is 0 Å². The summed E-state index contributed by atoms with van der Waals surface area (Å²) in [5.41, 5.74) is 2.39. The number of nitro benzene ring substituents is 1. The van der Waals surface area contributed by atoms with Gasteiger partial charge in [0.05, 0.1) is 15.5 Å². The van der Waals surface area contributed by atoms with E-state index >= 15 is 0 Å². The lowest BCUT2D eigenvalue weighted by molar-refractivity contribution is -0.384. The minimum atomic E-state index is -0.421. The van der Waals surface area contributed by atoms with Gasteiger partial charge in [-0.25, -0.2) is 0 Å². The van der Waals surface area contributed by atoms with Crippen molar-refractivity contribution >= 4 is 17.0 Å². The van der Waals surface area contributed by atoms with E-state index in [4.69, 9.17) is 0 Å². The van der Waals surface area contributed by atoms with Crippen LogP contribution in [0.5, 0.6) is 0 Å². The number of hydrogen-bond acceptors (Lipinski definition) is 5. The number of nitro groups is 1. The number of thiophene rings is 1. The lowest BCUT2D eigenvalue weighted by Crippen LogP contribution is -1.91. The summed E-state index contributed by atoms with van der Waals surface area (Å²) < 4.78 is 0. The van der Waals surface area contributed by atoms with Gasteiger partial charge in [0.25, 0.3) is 5.69 Å². The third kappa shape index (κ3) is 2.41. The van der Waals surface area contributed by atoms with E-state index in [0.717, 1.165) is 16.1 Å². The Labute approximate surface area is 118 Å². The fourth-order valence-corrected chi connectivity index (χ4v) is 2.49. The van der Waals surface area contributed by atoms with Crippen molar-refractivity contribution in [3.8, 4) is 21.8 Å². The first-order valence-electron chi connectivity index (χ1n) is 5.86. The van der Waals surface area contributed by atoms with Crippen LogP contribution in [0.25, 0.3) is 21.8 Å². The molecule has 0 bridgehead atoms. The van der Waals surface area contributed by atoms with Crippen LogP contribution < -0.4 is 0 Å². The van der Waals surface area contributed by atoms with Crippen LogP contribution in [-0.4, -0.2) is 15.1 Å². The minimum Gasteiger partial charge on any atom is -0.258 e. The summed E-state index contributed by atoms with van der Waals surface area (Å²) in [4.78, 5) is 11.2. The van der Waals surface area contributed by atoms with Crippen LogP contribution in [0.3, 0.4) is 0 Å². The topological polar surface area (TPSA) is 68.9 Å². The molecule has 0 fully saturated rings. The van der Waals surface area contributed by atoms with Gasteiger partial charge in [0.15, 0.2) is 0 Å². The molecule has 0 N–H and O–H groups in total. The summed E-state index contributed by atoms with van der Waals surface area (Å²) in [5, 5.41) is 20.9. The van der Waals surface area contributed by atoms with Crippen LogP contribution in [0.2, 0.25) is 0 Å². The maximum Gasteiger partial charge on any atom is 0.269 e. The maximum atomic E-state index is 10.6. The molecule has 0 radical (unpaired) electrons. The van der Waals surface area contributed by atoms with Crippen molar-refractivity contribution in [3.63, 3.8) is 0 Å². The predicted octanol–water partition coefficient (Wildman–Crippen LogP) is 3.78. The van der Waals surface area contributed by atoms with Gasteiger partial charge in [-0.2, -0.15) is 0 Å². The van der Waals surface area contributed by atoms with Crippen molar-refractivity contribution in [2.24, 2.45) is 0 Å². The van der Waals surface area contributed by atoms with E-state index in [1.165, 1.54) is 12.1 Å². The number of benzene rings is 1. The van der Waals surface area contributed by atoms with Crippen LogP contribution in [0.4, 0.5) is 5.69 Å². The fourth-order valence-electron chi connectivity index (χ4n) is 1.80. The standard InChI is InChI=1S/C14H9N3O2S/c18-17(19)11-5-3-10(4-6-11)12-7-8-13(16-15-12)14-2-1-9-20-14/h1-9H. The highest BCUT2D eigenvalue weighted by Gasteiger charge is 2.07. The van der Waals surface area contributed by atoms with Crippen LogP contribution in [0, 0.1) is 10.1 Å². The van der Waals surface area contributed by atoms with Gasteiger partial charge in [-0.1, -0.05) is 6.07 Å². The predicted molar refractivity (Wildman–Crippen MR) is 77.4 cm³/mol. The second kappa shape index (κ2) is 5.18. The lowest BCUT2D eigenvalue weighted by Gasteiger charge is -2.01. The molecule has 3 rings (SSSR count). The molecule has 2 aromatic heterocycles. The van der Waals surface area contributed by atoms with Gasteiger partial charge < -0.3 is 0 Å². The van der Waals surface area contributed by atoms with Crippen molar-refractivity contribution in [3.05, 3.63) is 64.0 Å². The lowest BCUT2D eigenvalue weighted by atomic mass is 10.1. The van der Waals surface area contributed by atoms with Crippen LogP contribution in [-0.2, 0) is 0 Å². The zero-order valence-corrected chi connectivity index (χ0v) is 11.1. The Bertz CT molecular complexity index is 722. The fraction of sp³-hybridized carbons (Fsp3) is 0. The first kappa shape index (κ1) is 12.4. The number of hydrogen-bond donors (Lipinski definition) is 0. The van der Waals surface area contributed by atoms with Crippen molar-refractivity contribution in [1.82, 2.24) is 10.2 Å². The van der Waals surface area contributed by atoms with Crippen molar-refractivity contribution in [2.45, 2.75) is 0 Å². The Morgan fingerprint density at radius 1 is 0.950 bits per heavy atom. The number of nitrogens with zero attached hydrogens (tertiary/aromatic N) is 3. The Hall–Kier alpha value is -2.60. The summed E-state index contributed by atoms with van der Waals surface area (Å²) >= 11 is 1.61. The molecule has 98 valence electrons. The normalized spacial score (nSPS) is 10.4. The zero-order valence-electron chi connectivity index (χ0n) is 10.3. The Kier molecular flexibility index (Phi) is 3.22. The molecule has 0 amide bonds. The quantitative estimate of drug-likeness (QED) is 0.542. The number of rotatable bonds is 3. The maximum absolute atomic E-state index is 10.6. The average molecular weight is 283 g/mol. The molecule has 3 aromatic rings. The van der Waals surface area contributed by atoms with E-state index in [2.05, 4.69) is 10.2 Å². The Morgan fingerprint density at radius 2 is 1.65 bits per heavy atom. The van der Waals surface area contributed by atoms with Crippen molar-refractivity contribution in [1.29, 1.82) is 0 Å². The van der Waals surface area contributed by atoms with Gasteiger partial charge in [0.2, 0.25) is 0 Å². The molecule has 0 unspecified atom stereocenters. The average Bonchev–Trinajstić information content (AvgIpc) is 3.02. The highest BCUT2D eigenvalue weighted by Crippen LogP contribution is 2.24. The van der Waals surface area contributed by atoms with Gasteiger partial charge in [-0.15, -0.1) is 21.5 Å². The van der Waals surface area contributed by atoms with Gasteiger partial charge >= 0.3 is 0 Å². The molecular formula is C14H9N3O2S. The largest absolute Gasteiger partial charge is 0.269 e. The molecular weight excluding hydrogens is 274 g/mol. The highest BCUT2D eigenvalue weighted by atomic mass is 32.1. The third-order valence-corrected chi connectivity index (χ3v) is 3.70. The van der Waals surface area contributed by atoms with Crippen molar-refractivity contribution < 1.29 is 4.92 Å². The smallest absolute Gasteiger partial charge is 0.258 e. The monoisotopic (exact) mass is 283 g/mol. The number of aromatic nitrogens is 2. The van der Waals surface area contributed by atoms with E-state index < -0.39 is 4.92 Å². The van der Waals surface area contributed by atoms with Crippen LogP contribution in [0.1, 0.15) is 0 Å². The van der Waals surface area contributed by atoms with E-state index in [1.807, 2.05) is 29.6 Å². The summed E-state index contributed by atoms with van der Waals surface area (Å²) in [7, 11) is 0. The summed E-state index contributed by atoms with van der Waals surface area (Å²) in [6, 6.07) is 14.0. The molecule has 6 heteroatoms. The molecule has 5 nitrogen and oxygen atoms in total. The molecule has 0 spiro atoms. The molecule has 0 aliphatic rings. The van der Waals surface area contributed by atoms with Gasteiger partial charge in [-0.05, 0) is 35.7 Å². The summed E-state index contributed by atoms with van der Waals surface area (Å²) in [6.07, 6.45) is 0. The second-order valence-electron chi connectivity index (χ2n) is 4.09. The first-order valence-corrected chi connectivity index (χ1v) is 6.74. The van der Waals surface area contributed by atoms with E-state index in [0.29, 0.717) is 5.69 Å². The summed E-state index contributed by atoms with van der Waals surface area (Å²) in [6.45, 7) is 0. The van der Waals surface area contributed by atoms with Crippen LogP contribution in [0.15, 0.2) is 53.9 Å². The van der Waals surface area contributed by atoms with Gasteiger partial charge in [0, 0.05) is 17.7 Å². The van der Waals surface area contributed by atoms with E-state index in [-0.39, 0.29) is 5.69 Å². The minimum absolute atomic E-state index is 0.0666. The van der Waals surface area contributed by atoms with Crippen LogP contribution >= 0.6 is 11.3 Å². The number of non-ortho nitro benzene ring substituents is 1. The Balaban J connectivity index is 1.89. The first-order chi connectivity index (χ1) is 9.74. The molecule has 0 saturated heterocycles. The molecule has 20 heavy (non-hydrogen) atoms. The zero-order chi connectivity index (χ0) is 13.9. The second-order valence-corrected chi connectivity index (χ2v) is 5.03.